The summed E-state index contributed by atoms with van der Waals surface area (Å²) in [6.07, 6.45) is 2.31. The van der Waals surface area contributed by atoms with Crippen molar-refractivity contribution in [2.24, 2.45) is 11.8 Å². The van der Waals surface area contributed by atoms with E-state index >= 15 is 0 Å². The highest BCUT2D eigenvalue weighted by molar-refractivity contribution is 5.90. The monoisotopic (exact) mass is 579 g/mol. The molecule has 10 heteroatoms. The minimum absolute atomic E-state index is 0.0757. The van der Waals surface area contributed by atoms with Gasteiger partial charge in [-0.15, -0.1) is 0 Å². The lowest BCUT2D eigenvalue weighted by Gasteiger charge is -2.25. The van der Waals surface area contributed by atoms with Crippen molar-refractivity contribution in [2.45, 2.75) is 76.7 Å². The number of rotatable bonds is 14. The highest BCUT2D eigenvalue weighted by Gasteiger charge is 2.47. The quantitative estimate of drug-likeness (QED) is 0.291. The van der Waals surface area contributed by atoms with Crippen LogP contribution < -0.4 is 20.7 Å². The summed E-state index contributed by atoms with van der Waals surface area (Å²) in [5.74, 6) is -0.898. The average Bonchev–Trinajstić information content (AvgIpc) is 3.59. The SMILES string of the molecule is COC(=O)[C@H](C[C@@H]1CCNC1=O)NC(=O)[C@H](CC(C)C)NC(=O)OC1(Cc2cccc(OCc3ccccc3)c2)CC1. The Labute approximate surface area is 246 Å². The number of methoxy groups -OCH3 is 1. The highest BCUT2D eigenvalue weighted by Crippen LogP contribution is 2.43. The molecule has 2 aromatic carbocycles. The molecular formula is C32H41N3O7. The summed E-state index contributed by atoms with van der Waals surface area (Å²) in [4.78, 5) is 50.8. The molecule has 1 aliphatic carbocycles. The van der Waals surface area contributed by atoms with Crippen molar-refractivity contribution in [2.75, 3.05) is 13.7 Å². The third-order valence-corrected chi connectivity index (χ3v) is 7.59. The van der Waals surface area contributed by atoms with Crippen molar-refractivity contribution >= 4 is 23.9 Å². The first-order valence-electron chi connectivity index (χ1n) is 14.6. The van der Waals surface area contributed by atoms with Crippen LogP contribution in [-0.2, 0) is 36.9 Å². The molecule has 1 heterocycles. The maximum Gasteiger partial charge on any atom is 0.408 e. The van der Waals surface area contributed by atoms with E-state index in [-0.39, 0.29) is 18.2 Å². The van der Waals surface area contributed by atoms with Gasteiger partial charge in [0.25, 0.3) is 0 Å². The number of nitrogens with one attached hydrogen (secondary N) is 3. The van der Waals surface area contributed by atoms with Gasteiger partial charge in [0.2, 0.25) is 11.8 Å². The minimum Gasteiger partial charge on any atom is -0.489 e. The molecule has 2 aromatic rings. The van der Waals surface area contributed by atoms with E-state index in [1.165, 1.54) is 7.11 Å². The van der Waals surface area contributed by atoms with Gasteiger partial charge in [0, 0.05) is 18.9 Å². The summed E-state index contributed by atoms with van der Waals surface area (Å²) in [5, 5.41) is 8.15. The van der Waals surface area contributed by atoms with E-state index in [4.69, 9.17) is 14.2 Å². The van der Waals surface area contributed by atoms with Crippen molar-refractivity contribution in [3.63, 3.8) is 0 Å². The second kappa shape index (κ2) is 14.2. The predicted octanol–water partition coefficient (Wildman–Crippen LogP) is 3.67. The fourth-order valence-electron chi connectivity index (χ4n) is 5.17. The summed E-state index contributed by atoms with van der Waals surface area (Å²) < 4.78 is 16.7. The summed E-state index contributed by atoms with van der Waals surface area (Å²) in [6, 6.07) is 15.7. The molecule has 0 unspecified atom stereocenters. The molecule has 2 aliphatic rings. The van der Waals surface area contributed by atoms with Gasteiger partial charge >= 0.3 is 12.1 Å². The second-order valence-electron chi connectivity index (χ2n) is 11.6. The first-order valence-corrected chi connectivity index (χ1v) is 14.6. The van der Waals surface area contributed by atoms with E-state index < -0.39 is 41.6 Å². The minimum atomic E-state index is -1.00. The Kier molecular flexibility index (Phi) is 10.4. The molecule has 0 aromatic heterocycles. The second-order valence-corrected chi connectivity index (χ2v) is 11.6. The van der Waals surface area contributed by atoms with Crippen molar-refractivity contribution < 1.29 is 33.4 Å². The van der Waals surface area contributed by atoms with Crippen LogP contribution in [0.5, 0.6) is 5.75 Å². The lowest BCUT2D eigenvalue weighted by atomic mass is 9.97. The predicted molar refractivity (Wildman–Crippen MR) is 155 cm³/mol. The molecule has 0 spiro atoms. The van der Waals surface area contributed by atoms with E-state index in [2.05, 4.69) is 16.0 Å². The van der Waals surface area contributed by atoms with Crippen LogP contribution in [0.1, 0.15) is 57.1 Å². The molecule has 226 valence electrons. The number of amides is 3. The smallest absolute Gasteiger partial charge is 0.408 e. The molecule has 3 amide bonds. The van der Waals surface area contributed by atoms with Crippen LogP contribution in [0, 0.1) is 11.8 Å². The lowest BCUT2D eigenvalue weighted by molar-refractivity contribution is -0.146. The molecule has 1 aliphatic heterocycles. The molecule has 2 fully saturated rings. The zero-order valence-corrected chi connectivity index (χ0v) is 24.5. The van der Waals surface area contributed by atoms with E-state index in [0.29, 0.717) is 45.3 Å². The number of ether oxygens (including phenoxy) is 3. The Morgan fingerprint density at radius 1 is 1.00 bits per heavy atom. The first-order chi connectivity index (χ1) is 20.2. The molecule has 3 N–H and O–H groups in total. The van der Waals surface area contributed by atoms with Crippen LogP contribution in [0.15, 0.2) is 54.6 Å². The Hall–Kier alpha value is -4.08. The number of carbonyl (C=O) groups is 4. The largest absolute Gasteiger partial charge is 0.489 e. The van der Waals surface area contributed by atoms with Crippen molar-refractivity contribution in [3.8, 4) is 5.75 Å². The maximum absolute atomic E-state index is 13.3. The number of hydrogen-bond donors (Lipinski definition) is 3. The molecule has 1 saturated carbocycles. The summed E-state index contributed by atoms with van der Waals surface area (Å²) in [5.41, 5.74) is 1.41. The van der Waals surface area contributed by atoms with Gasteiger partial charge in [-0.2, -0.15) is 0 Å². The van der Waals surface area contributed by atoms with Crippen molar-refractivity contribution in [1.29, 1.82) is 0 Å². The molecule has 0 radical (unpaired) electrons. The van der Waals surface area contributed by atoms with Crippen LogP contribution in [0.3, 0.4) is 0 Å². The summed E-state index contributed by atoms with van der Waals surface area (Å²) in [6.45, 7) is 4.85. The number of hydrogen-bond acceptors (Lipinski definition) is 7. The topological polar surface area (TPSA) is 132 Å². The Morgan fingerprint density at radius 3 is 2.38 bits per heavy atom. The van der Waals surface area contributed by atoms with Crippen molar-refractivity contribution in [3.05, 3.63) is 65.7 Å². The number of esters is 1. The zero-order valence-electron chi connectivity index (χ0n) is 24.5. The van der Waals surface area contributed by atoms with E-state index in [9.17, 15) is 19.2 Å². The van der Waals surface area contributed by atoms with Gasteiger partial charge in [-0.1, -0.05) is 56.3 Å². The van der Waals surface area contributed by atoms with Crippen LogP contribution in [0.25, 0.3) is 0 Å². The maximum atomic E-state index is 13.3. The third kappa shape index (κ3) is 8.96. The van der Waals surface area contributed by atoms with Crippen LogP contribution in [0.4, 0.5) is 4.79 Å². The molecule has 42 heavy (non-hydrogen) atoms. The fraction of sp³-hybridized carbons (Fsp3) is 0.500. The van der Waals surface area contributed by atoms with Crippen molar-refractivity contribution in [1.82, 2.24) is 16.0 Å². The van der Waals surface area contributed by atoms with Gasteiger partial charge in [-0.05, 0) is 61.3 Å². The van der Waals surface area contributed by atoms with Gasteiger partial charge < -0.3 is 30.2 Å². The molecule has 0 bridgehead atoms. The average molecular weight is 580 g/mol. The Morgan fingerprint density at radius 2 is 1.74 bits per heavy atom. The molecule has 1 saturated heterocycles. The van der Waals surface area contributed by atoms with Gasteiger partial charge in [0.1, 0.15) is 30.0 Å². The normalized spacial score (nSPS) is 18.4. The van der Waals surface area contributed by atoms with Crippen LogP contribution in [-0.4, -0.2) is 55.2 Å². The third-order valence-electron chi connectivity index (χ3n) is 7.59. The number of alkyl carbamates (subject to hydrolysis) is 1. The number of benzene rings is 2. The van der Waals surface area contributed by atoms with E-state index in [0.717, 1.165) is 16.9 Å². The highest BCUT2D eigenvalue weighted by atomic mass is 16.6. The van der Waals surface area contributed by atoms with Crippen LogP contribution >= 0.6 is 0 Å². The van der Waals surface area contributed by atoms with E-state index in [1.807, 2.05) is 68.4 Å². The molecule has 10 nitrogen and oxygen atoms in total. The Bertz CT molecular complexity index is 1250. The standard InChI is InChI=1S/C32H41N3O7/c1-21(2)16-26(29(37)34-27(30(38)40-3)18-24-12-15-33-28(24)36)35-31(39)42-32(13-14-32)19-23-10-7-11-25(17-23)41-20-22-8-5-4-6-9-22/h4-11,17,21,24,26-27H,12-16,18-20H2,1-3H3,(H,33,36)(H,34,37)(H,35,39)/t24-,26-,27-/m0/s1. The van der Waals surface area contributed by atoms with Gasteiger partial charge in [0.15, 0.2) is 0 Å². The van der Waals surface area contributed by atoms with Gasteiger partial charge in [0.05, 0.1) is 7.11 Å². The number of carbonyl (C=O) groups excluding carboxylic acids is 4. The summed E-state index contributed by atoms with van der Waals surface area (Å²) in [7, 11) is 1.23. The first kappa shape index (κ1) is 30.9. The molecule has 3 atom stereocenters. The lowest BCUT2D eigenvalue weighted by Crippen LogP contribution is -2.53. The summed E-state index contributed by atoms with van der Waals surface area (Å²) >= 11 is 0. The molecular weight excluding hydrogens is 538 g/mol. The Balaban J connectivity index is 1.34. The van der Waals surface area contributed by atoms with Gasteiger partial charge in [-0.3, -0.25) is 9.59 Å². The van der Waals surface area contributed by atoms with Gasteiger partial charge in [-0.25, -0.2) is 9.59 Å². The fourth-order valence-corrected chi connectivity index (χ4v) is 5.17. The van der Waals surface area contributed by atoms with E-state index in [1.54, 1.807) is 0 Å². The molecule has 4 rings (SSSR count). The zero-order chi connectivity index (χ0) is 30.1. The van der Waals surface area contributed by atoms with Crippen LogP contribution in [0.2, 0.25) is 0 Å².